The molecule has 9 nitrogen and oxygen atoms in total. The van der Waals surface area contributed by atoms with Gasteiger partial charge in [0.05, 0.1) is 17.8 Å². The molecule has 1 aromatic carbocycles. The summed E-state index contributed by atoms with van der Waals surface area (Å²) in [6.45, 7) is -0.00736. The number of halogens is 2. The van der Waals surface area contributed by atoms with E-state index in [-0.39, 0.29) is 30.6 Å². The number of aliphatic hydroxyl groups excluding tert-OH is 2. The molecule has 0 saturated carbocycles. The van der Waals surface area contributed by atoms with Crippen molar-refractivity contribution in [2.45, 2.75) is 31.1 Å². The van der Waals surface area contributed by atoms with Crippen molar-refractivity contribution in [1.29, 1.82) is 0 Å². The first-order valence-electron chi connectivity index (χ1n) is 8.33. The van der Waals surface area contributed by atoms with Gasteiger partial charge in [-0.25, -0.2) is 13.6 Å². The van der Waals surface area contributed by atoms with E-state index in [4.69, 9.17) is 5.73 Å². The second-order valence-corrected chi connectivity index (χ2v) is 6.17. The number of amides is 4. The number of rotatable bonds is 6. The number of hydrogen-bond acceptors (Lipinski definition) is 5. The van der Waals surface area contributed by atoms with E-state index >= 15 is 0 Å². The van der Waals surface area contributed by atoms with Crippen molar-refractivity contribution in [3.63, 3.8) is 0 Å². The van der Waals surface area contributed by atoms with Gasteiger partial charge in [-0.15, -0.1) is 0 Å². The maximum absolute atomic E-state index is 13.6. The second-order valence-electron chi connectivity index (χ2n) is 6.17. The van der Waals surface area contributed by atoms with Gasteiger partial charge in [-0.3, -0.25) is 9.59 Å². The molecule has 0 bridgehead atoms. The highest BCUT2D eigenvalue weighted by molar-refractivity contribution is 5.94. The Morgan fingerprint density at radius 2 is 1.93 bits per heavy atom. The standard InChI is InChI=1S/C17H20F2N4O5/c18-9-1-2-11(10(19)7-9)22-17(28)23-12-5-8(6-13(24)15(12)26)16(27)21-4-3-14(20)25/h1-2,5,7,12-13,15,24,26H,3-4,6H2,(H2,20,25)(H,21,27)(H2,22,23,28). The van der Waals surface area contributed by atoms with E-state index in [2.05, 4.69) is 16.0 Å². The maximum Gasteiger partial charge on any atom is 0.319 e. The molecule has 0 aromatic heterocycles. The van der Waals surface area contributed by atoms with Crippen molar-refractivity contribution in [3.05, 3.63) is 41.5 Å². The van der Waals surface area contributed by atoms with Crippen LogP contribution in [0.15, 0.2) is 29.8 Å². The van der Waals surface area contributed by atoms with Crippen molar-refractivity contribution in [2.75, 3.05) is 11.9 Å². The second kappa shape index (κ2) is 9.24. The minimum absolute atomic E-state index is 0.00736. The molecule has 4 amide bonds. The fourth-order valence-electron chi connectivity index (χ4n) is 2.58. The van der Waals surface area contributed by atoms with Crippen LogP contribution in [0.5, 0.6) is 0 Å². The molecule has 7 N–H and O–H groups in total. The van der Waals surface area contributed by atoms with E-state index in [0.29, 0.717) is 6.07 Å². The van der Waals surface area contributed by atoms with E-state index in [0.717, 1.165) is 12.1 Å². The van der Waals surface area contributed by atoms with Gasteiger partial charge < -0.3 is 31.9 Å². The predicted octanol–water partition coefficient (Wildman–Crippen LogP) is -0.502. The maximum atomic E-state index is 13.6. The lowest BCUT2D eigenvalue weighted by Gasteiger charge is -2.31. The zero-order valence-electron chi connectivity index (χ0n) is 14.6. The highest BCUT2D eigenvalue weighted by atomic mass is 19.1. The first kappa shape index (κ1) is 21.3. The van der Waals surface area contributed by atoms with Gasteiger partial charge in [-0.2, -0.15) is 0 Å². The predicted molar refractivity (Wildman–Crippen MR) is 93.8 cm³/mol. The quantitative estimate of drug-likeness (QED) is 0.381. The Morgan fingerprint density at radius 3 is 2.57 bits per heavy atom. The first-order chi connectivity index (χ1) is 13.2. The Balaban J connectivity index is 2.03. The third-order valence-electron chi connectivity index (χ3n) is 4.00. The molecule has 2 rings (SSSR count). The number of aliphatic hydroxyl groups is 2. The molecule has 0 fully saturated rings. The van der Waals surface area contributed by atoms with Gasteiger partial charge in [0.1, 0.15) is 17.7 Å². The van der Waals surface area contributed by atoms with E-state index in [9.17, 15) is 33.4 Å². The number of benzene rings is 1. The van der Waals surface area contributed by atoms with E-state index in [1.807, 2.05) is 0 Å². The molecule has 1 aliphatic rings. The lowest BCUT2D eigenvalue weighted by molar-refractivity contribution is -0.119. The molecule has 0 radical (unpaired) electrons. The monoisotopic (exact) mass is 398 g/mol. The summed E-state index contributed by atoms with van der Waals surface area (Å²) in [6.07, 6.45) is -1.74. The van der Waals surface area contributed by atoms with Crippen molar-refractivity contribution in [1.82, 2.24) is 10.6 Å². The summed E-state index contributed by atoms with van der Waals surface area (Å²) in [7, 11) is 0. The van der Waals surface area contributed by atoms with Crippen LogP contribution in [-0.2, 0) is 9.59 Å². The summed E-state index contributed by atoms with van der Waals surface area (Å²) >= 11 is 0. The van der Waals surface area contributed by atoms with E-state index in [1.165, 1.54) is 6.08 Å². The topological polar surface area (TPSA) is 154 Å². The third-order valence-corrected chi connectivity index (χ3v) is 4.00. The SMILES string of the molecule is NC(=O)CCNC(=O)C1=CC(NC(=O)Nc2ccc(F)cc2F)C(O)C(O)C1. The number of nitrogens with two attached hydrogens (primary N) is 1. The Hall–Kier alpha value is -3.05. The Kier molecular flexibility index (Phi) is 7.01. The van der Waals surface area contributed by atoms with Crippen LogP contribution >= 0.6 is 0 Å². The number of primary amides is 1. The number of urea groups is 1. The number of anilines is 1. The summed E-state index contributed by atoms with van der Waals surface area (Å²) in [4.78, 5) is 34.8. The number of carbonyl (C=O) groups excluding carboxylic acids is 3. The zero-order chi connectivity index (χ0) is 20.8. The minimum Gasteiger partial charge on any atom is -0.390 e. The molecule has 28 heavy (non-hydrogen) atoms. The summed E-state index contributed by atoms with van der Waals surface area (Å²) in [5.41, 5.74) is 4.77. The van der Waals surface area contributed by atoms with Gasteiger partial charge >= 0.3 is 6.03 Å². The van der Waals surface area contributed by atoms with Gasteiger partial charge in [-0.1, -0.05) is 6.08 Å². The van der Waals surface area contributed by atoms with Crippen LogP contribution in [0, 0.1) is 11.6 Å². The molecule has 0 aliphatic heterocycles. The van der Waals surface area contributed by atoms with Gasteiger partial charge in [0.15, 0.2) is 0 Å². The molecule has 3 unspecified atom stereocenters. The first-order valence-corrected chi connectivity index (χ1v) is 8.33. The molecule has 0 heterocycles. The summed E-state index contributed by atoms with van der Waals surface area (Å²) < 4.78 is 26.5. The van der Waals surface area contributed by atoms with Crippen molar-refractivity contribution < 1.29 is 33.4 Å². The van der Waals surface area contributed by atoms with Gasteiger partial charge in [0.25, 0.3) is 0 Å². The molecule has 152 valence electrons. The van der Waals surface area contributed by atoms with Crippen LogP contribution in [0.4, 0.5) is 19.3 Å². The lowest BCUT2D eigenvalue weighted by atomic mass is 9.90. The highest BCUT2D eigenvalue weighted by Gasteiger charge is 2.33. The number of nitrogens with one attached hydrogen (secondary N) is 3. The Bertz CT molecular complexity index is 802. The minimum atomic E-state index is -1.41. The zero-order valence-corrected chi connectivity index (χ0v) is 14.6. The van der Waals surface area contributed by atoms with Crippen LogP contribution in [0.3, 0.4) is 0 Å². The van der Waals surface area contributed by atoms with Crippen molar-refractivity contribution >= 4 is 23.5 Å². The number of carbonyl (C=O) groups is 3. The van der Waals surface area contributed by atoms with Crippen LogP contribution < -0.4 is 21.7 Å². The Labute approximate surface area is 158 Å². The molecule has 3 atom stereocenters. The highest BCUT2D eigenvalue weighted by Crippen LogP contribution is 2.20. The Morgan fingerprint density at radius 1 is 1.21 bits per heavy atom. The number of hydrogen-bond donors (Lipinski definition) is 6. The summed E-state index contributed by atoms with van der Waals surface area (Å²) in [6, 6.07) is 0.469. The average molecular weight is 398 g/mol. The largest absolute Gasteiger partial charge is 0.390 e. The van der Waals surface area contributed by atoms with Crippen LogP contribution in [0.25, 0.3) is 0 Å². The van der Waals surface area contributed by atoms with E-state index in [1.54, 1.807) is 0 Å². The van der Waals surface area contributed by atoms with Crippen LogP contribution in [-0.4, -0.2) is 52.9 Å². The molecule has 0 spiro atoms. The molecule has 1 aromatic rings. The van der Waals surface area contributed by atoms with E-state index < -0.39 is 47.7 Å². The van der Waals surface area contributed by atoms with Gasteiger partial charge in [-0.05, 0) is 12.1 Å². The third kappa shape index (κ3) is 5.72. The molecule has 0 saturated heterocycles. The smallest absolute Gasteiger partial charge is 0.319 e. The lowest BCUT2D eigenvalue weighted by Crippen LogP contribution is -2.52. The van der Waals surface area contributed by atoms with Crippen LogP contribution in [0.2, 0.25) is 0 Å². The summed E-state index contributed by atoms with van der Waals surface area (Å²) in [5, 5.41) is 26.9. The van der Waals surface area contributed by atoms with Crippen molar-refractivity contribution in [3.8, 4) is 0 Å². The average Bonchev–Trinajstić information content (AvgIpc) is 2.60. The fraction of sp³-hybridized carbons (Fsp3) is 0.353. The summed E-state index contributed by atoms with van der Waals surface area (Å²) in [5.74, 6) is -3.00. The van der Waals surface area contributed by atoms with Gasteiger partial charge in [0, 0.05) is 31.0 Å². The van der Waals surface area contributed by atoms with Crippen LogP contribution in [0.1, 0.15) is 12.8 Å². The molecular formula is C17H20F2N4O5. The molecular weight excluding hydrogens is 378 g/mol. The van der Waals surface area contributed by atoms with Gasteiger partial charge in [0.2, 0.25) is 11.8 Å². The molecule has 11 heteroatoms. The van der Waals surface area contributed by atoms with Crippen molar-refractivity contribution in [2.24, 2.45) is 5.73 Å². The fourth-order valence-corrected chi connectivity index (χ4v) is 2.58. The molecule has 1 aliphatic carbocycles. The normalized spacial score (nSPS) is 21.4.